The second-order valence-electron chi connectivity index (χ2n) is 4.31. The number of hydrogen-bond acceptors (Lipinski definition) is 5. The lowest BCUT2D eigenvalue weighted by Gasteiger charge is -2.17. The molecule has 1 unspecified atom stereocenters. The number of rotatable bonds is 10. The molecule has 0 saturated heterocycles. The number of aromatic nitrogens is 3. The molecule has 18 heavy (non-hydrogen) atoms. The van der Waals surface area contributed by atoms with Gasteiger partial charge in [0.2, 0.25) is 0 Å². The molecular formula is C12H24N4O2. The molecule has 1 N–H and O–H groups in total. The molecule has 0 spiro atoms. The van der Waals surface area contributed by atoms with E-state index in [4.69, 9.17) is 9.47 Å². The predicted molar refractivity (Wildman–Crippen MR) is 69.5 cm³/mol. The molecule has 1 heterocycles. The van der Waals surface area contributed by atoms with Crippen molar-refractivity contribution in [1.29, 1.82) is 0 Å². The van der Waals surface area contributed by atoms with E-state index in [1.54, 1.807) is 11.8 Å². The van der Waals surface area contributed by atoms with Gasteiger partial charge < -0.3 is 14.8 Å². The Kier molecular flexibility index (Phi) is 7.55. The highest BCUT2D eigenvalue weighted by molar-refractivity contribution is 4.95. The summed E-state index contributed by atoms with van der Waals surface area (Å²) in [7, 11) is 3.55. The molecule has 1 aromatic rings. The molecule has 104 valence electrons. The second kappa shape index (κ2) is 9.02. The zero-order valence-electron chi connectivity index (χ0n) is 11.6. The monoisotopic (exact) mass is 256 g/mol. The van der Waals surface area contributed by atoms with Crippen LogP contribution in [0.3, 0.4) is 0 Å². The van der Waals surface area contributed by atoms with E-state index >= 15 is 0 Å². The number of nitrogens with one attached hydrogen (secondary N) is 1. The minimum absolute atomic E-state index is 0.276. The summed E-state index contributed by atoms with van der Waals surface area (Å²) in [5.74, 6) is 0. The van der Waals surface area contributed by atoms with Crippen LogP contribution in [0.5, 0.6) is 0 Å². The molecule has 1 rings (SSSR count). The van der Waals surface area contributed by atoms with Crippen molar-refractivity contribution < 1.29 is 9.47 Å². The largest absolute Gasteiger partial charge is 0.382 e. The molecule has 6 heteroatoms. The van der Waals surface area contributed by atoms with Crippen LogP contribution in [0.4, 0.5) is 0 Å². The van der Waals surface area contributed by atoms with Crippen LogP contribution in [-0.2, 0) is 22.9 Å². The highest BCUT2D eigenvalue weighted by Crippen LogP contribution is 2.00. The number of nitrogens with zero attached hydrogens (tertiary/aromatic N) is 3. The Labute approximate surface area is 109 Å². The van der Waals surface area contributed by atoms with Crippen LogP contribution < -0.4 is 5.32 Å². The Morgan fingerprint density at radius 3 is 2.89 bits per heavy atom. The first-order valence-corrected chi connectivity index (χ1v) is 6.41. The van der Waals surface area contributed by atoms with Gasteiger partial charge in [-0.15, -0.1) is 5.10 Å². The van der Waals surface area contributed by atoms with Crippen LogP contribution in [-0.4, -0.2) is 54.5 Å². The molecule has 0 aliphatic rings. The molecule has 0 radical (unpaired) electrons. The van der Waals surface area contributed by atoms with Gasteiger partial charge >= 0.3 is 0 Å². The number of aryl methyl sites for hydroxylation is 1. The first-order valence-electron chi connectivity index (χ1n) is 6.41. The Hall–Kier alpha value is -0.980. The Morgan fingerprint density at radius 1 is 1.44 bits per heavy atom. The lowest BCUT2D eigenvalue weighted by molar-refractivity contribution is 0.0586. The van der Waals surface area contributed by atoms with Gasteiger partial charge in [0.15, 0.2) is 0 Å². The quantitative estimate of drug-likeness (QED) is 0.614. The molecular weight excluding hydrogens is 232 g/mol. The van der Waals surface area contributed by atoms with Gasteiger partial charge in [-0.1, -0.05) is 12.1 Å². The first kappa shape index (κ1) is 15.1. The van der Waals surface area contributed by atoms with E-state index in [-0.39, 0.29) is 6.04 Å². The Morgan fingerprint density at radius 2 is 2.28 bits per heavy atom. The Balaban J connectivity index is 2.34. The third kappa shape index (κ3) is 6.09. The van der Waals surface area contributed by atoms with Crippen LogP contribution in [0, 0.1) is 0 Å². The van der Waals surface area contributed by atoms with Crippen molar-refractivity contribution in [3.8, 4) is 0 Å². The summed E-state index contributed by atoms with van der Waals surface area (Å²) in [6.07, 6.45) is 3.88. The average Bonchev–Trinajstić information content (AvgIpc) is 2.77. The lowest BCUT2D eigenvalue weighted by Crippen LogP contribution is -2.36. The van der Waals surface area contributed by atoms with E-state index in [1.165, 1.54) is 0 Å². The normalized spacial score (nSPS) is 12.8. The molecule has 0 fully saturated rings. The molecule has 0 saturated carbocycles. The van der Waals surface area contributed by atoms with E-state index in [2.05, 4.69) is 22.6 Å². The van der Waals surface area contributed by atoms with Crippen LogP contribution in [0.25, 0.3) is 0 Å². The summed E-state index contributed by atoms with van der Waals surface area (Å²) in [6, 6.07) is 0.276. The zero-order valence-corrected chi connectivity index (χ0v) is 11.6. The topological polar surface area (TPSA) is 61.2 Å². The molecule has 0 aliphatic carbocycles. The van der Waals surface area contributed by atoms with Crippen LogP contribution in [0.15, 0.2) is 6.20 Å². The standard InChI is InChI=1S/C12H24N4O2/c1-4-5-13-12(10-18-7-6-17-3)8-11-9-16(2)15-14-11/h9,12-13H,4-8,10H2,1-3H3. The molecule has 0 amide bonds. The summed E-state index contributed by atoms with van der Waals surface area (Å²) in [4.78, 5) is 0. The fraction of sp³-hybridized carbons (Fsp3) is 0.833. The maximum absolute atomic E-state index is 5.57. The van der Waals surface area contributed by atoms with Crippen molar-refractivity contribution >= 4 is 0 Å². The summed E-state index contributed by atoms with van der Waals surface area (Å²) >= 11 is 0. The SMILES string of the molecule is CCCNC(COCCOC)Cc1cn(C)nn1. The van der Waals surface area contributed by atoms with E-state index in [0.717, 1.165) is 25.1 Å². The third-order valence-electron chi connectivity index (χ3n) is 2.54. The van der Waals surface area contributed by atoms with Crippen molar-refractivity contribution in [2.24, 2.45) is 7.05 Å². The van der Waals surface area contributed by atoms with Gasteiger partial charge in [-0.2, -0.15) is 0 Å². The number of hydrogen-bond donors (Lipinski definition) is 1. The van der Waals surface area contributed by atoms with Crippen molar-refractivity contribution in [3.63, 3.8) is 0 Å². The zero-order chi connectivity index (χ0) is 13.2. The number of ether oxygens (including phenoxy) is 2. The van der Waals surface area contributed by atoms with Gasteiger partial charge in [-0.3, -0.25) is 4.68 Å². The van der Waals surface area contributed by atoms with Gasteiger partial charge in [-0.05, 0) is 13.0 Å². The van der Waals surface area contributed by atoms with Gasteiger partial charge in [-0.25, -0.2) is 0 Å². The summed E-state index contributed by atoms with van der Waals surface area (Å²) in [5, 5.41) is 11.5. The van der Waals surface area contributed by atoms with Gasteiger partial charge in [0.05, 0.1) is 25.5 Å². The second-order valence-corrected chi connectivity index (χ2v) is 4.31. The minimum atomic E-state index is 0.276. The van der Waals surface area contributed by atoms with E-state index in [9.17, 15) is 0 Å². The minimum Gasteiger partial charge on any atom is -0.382 e. The van der Waals surface area contributed by atoms with Gasteiger partial charge in [0, 0.05) is 32.8 Å². The lowest BCUT2D eigenvalue weighted by atomic mass is 10.2. The highest BCUT2D eigenvalue weighted by atomic mass is 16.5. The summed E-state index contributed by atoms with van der Waals surface area (Å²) < 4.78 is 12.2. The smallest absolute Gasteiger partial charge is 0.0843 e. The Bertz CT molecular complexity index is 317. The van der Waals surface area contributed by atoms with Gasteiger partial charge in [0.25, 0.3) is 0 Å². The van der Waals surface area contributed by atoms with Crippen molar-refractivity contribution in [2.45, 2.75) is 25.8 Å². The van der Waals surface area contributed by atoms with Crippen molar-refractivity contribution in [3.05, 3.63) is 11.9 Å². The molecule has 1 atom stereocenters. The highest BCUT2D eigenvalue weighted by Gasteiger charge is 2.11. The summed E-state index contributed by atoms with van der Waals surface area (Å²) in [5.41, 5.74) is 0.987. The predicted octanol–water partition coefficient (Wildman–Crippen LogP) is 0.389. The van der Waals surface area contributed by atoms with E-state index < -0.39 is 0 Å². The van der Waals surface area contributed by atoms with Crippen molar-refractivity contribution in [1.82, 2.24) is 20.3 Å². The van der Waals surface area contributed by atoms with Gasteiger partial charge in [0.1, 0.15) is 0 Å². The fourth-order valence-electron chi connectivity index (χ4n) is 1.65. The molecule has 0 aromatic carbocycles. The first-order chi connectivity index (χ1) is 8.76. The van der Waals surface area contributed by atoms with E-state index in [0.29, 0.717) is 19.8 Å². The molecule has 0 aliphatic heterocycles. The molecule has 0 bridgehead atoms. The van der Waals surface area contributed by atoms with Crippen LogP contribution >= 0.6 is 0 Å². The third-order valence-corrected chi connectivity index (χ3v) is 2.54. The van der Waals surface area contributed by atoms with E-state index in [1.807, 2.05) is 13.2 Å². The van der Waals surface area contributed by atoms with Crippen LogP contribution in [0.2, 0.25) is 0 Å². The number of methoxy groups -OCH3 is 1. The maximum Gasteiger partial charge on any atom is 0.0843 e. The maximum atomic E-state index is 5.57. The van der Waals surface area contributed by atoms with Crippen molar-refractivity contribution in [2.75, 3.05) is 33.5 Å². The average molecular weight is 256 g/mol. The summed E-state index contributed by atoms with van der Waals surface area (Å²) in [6.45, 7) is 5.06. The van der Waals surface area contributed by atoms with Crippen LogP contribution in [0.1, 0.15) is 19.0 Å². The fourth-order valence-corrected chi connectivity index (χ4v) is 1.65. The molecule has 6 nitrogen and oxygen atoms in total. The molecule has 1 aromatic heterocycles.